The minimum atomic E-state index is -4.49. The topological polar surface area (TPSA) is 79.2 Å². The zero-order valence-electron chi connectivity index (χ0n) is 10.6. The highest BCUT2D eigenvalue weighted by molar-refractivity contribution is 7.46. The number of nitrogens with zero attached hydrogens (tertiary/aromatic N) is 1. The second kappa shape index (κ2) is 5.07. The van der Waals surface area contributed by atoms with Gasteiger partial charge in [-0.15, -0.1) is 0 Å². The van der Waals surface area contributed by atoms with Crippen LogP contribution in [0.15, 0.2) is 30.5 Å². The molecule has 0 unspecified atom stereocenters. The molecule has 2 aliphatic rings. The van der Waals surface area contributed by atoms with Gasteiger partial charge >= 0.3 is 7.82 Å². The average Bonchev–Trinajstić information content (AvgIpc) is 2.44. The maximum absolute atomic E-state index is 10.8. The highest BCUT2D eigenvalue weighted by Crippen LogP contribution is 2.40. The molecule has 0 aromatic heterocycles. The first kappa shape index (κ1) is 13.4. The SMILES string of the molecule is O=P(O)(O)OCN1C=CCc2c1ccc1c2OCC=C1. The van der Waals surface area contributed by atoms with Gasteiger partial charge in [0.1, 0.15) is 19.1 Å². The third kappa shape index (κ3) is 2.64. The van der Waals surface area contributed by atoms with Gasteiger partial charge in [0.2, 0.25) is 0 Å². The molecule has 1 aromatic carbocycles. The van der Waals surface area contributed by atoms with Gasteiger partial charge in [-0.25, -0.2) is 4.57 Å². The van der Waals surface area contributed by atoms with E-state index in [-0.39, 0.29) is 6.73 Å². The Morgan fingerprint density at radius 2 is 2.20 bits per heavy atom. The highest BCUT2D eigenvalue weighted by atomic mass is 31.2. The molecule has 0 aliphatic carbocycles. The van der Waals surface area contributed by atoms with Crippen LogP contribution < -0.4 is 9.64 Å². The van der Waals surface area contributed by atoms with Crippen molar-refractivity contribution in [1.29, 1.82) is 0 Å². The van der Waals surface area contributed by atoms with Crippen LogP contribution in [0, 0.1) is 0 Å². The van der Waals surface area contributed by atoms with E-state index in [2.05, 4.69) is 4.52 Å². The fraction of sp³-hybridized carbons (Fsp3) is 0.231. The third-order valence-corrected chi connectivity index (χ3v) is 3.62. The first-order valence-corrected chi connectivity index (χ1v) is 7.66. The van der Waals surface area contributed by atoms with Crippen LogP contribution in [0.4, 0.5) is 5.69 Å². The van der Waals surface area contributed by atoms with E-state index in [0.29, 0.717) is 6.61 Å². The largest absolute Gasteiger partial charge is 0.489 e. The van der Waals surface area contributed by atoms with Gasteiger partial charge in [-0.3, -0.25) is 4.52 Å². The van der Waals surface area contributed by atoms with Crippen molar-refractivity contribution in [3.63, 3.8) is 0 Å². The lowest BCUT2D eigenvalue weighted by molar-refractivity contribution is 0.200. The number of rotatable bonds is 3. The van der Waals surface area contributed by atoms with E-state index < -0.39 is 7.82 Å². The van der Waals surface area contributed by atoms with Gasteiger partial charge in [-0.1, -0.05) is 12.2 Å². The summed E-state index contributed by atoms with van der Waals surface area (Å²) in [5, 5.41) is 0. The summed E-state index contributed by atoms with van der Waals surface area (Å²) in [6, 6.07) is 3.83. The molecular formula is C13H14NO5P. The highest BCUT2D eigenvalue weighted by Gasteiger charge is 2.22. The monoisotopic (exact) mass is 295 g/mol. The average molecular weight is 295 g/mol. The van der Waals surface area contributed by atoms with Crippen LogP contribution in [0.5, 0.6) is 5.75 Å². The smallest absolute Gasteiger partial charge is 0.471 e. The van der Waals surface area contributed by atoms with E-state index in [0.717, 1.165) is 29.0 Å². The summed E-state index contributed by atoms with van der Waals surface area (Å²) in [5.74, 6) is 0.829. The van der Waals surface area contributed by atoms with E-state index in [4.69, 9.17) is 14.5 Å². The maximum Gasteiger partial charge on any atom is 0.471 e. The Labute approximate surface area is 116 Å². The normalized spacial score (nSPS) is 16.6. The van der Waals surface area contributed by atoms with Gasteiger partial charge < -0.3 is 19.4 Å². The molecule has 0 saturated carbocycles. The minimum absolute atomic E-state index is 0.206. The van der Waals surface area contributed by atoms with Crippen LogP contribution in [0.25, 0.3) is 6.08 Å². The van der Waals surface area contributed by atoms with Crippen molar-refractivity contribution in [2.45, 2.75) is 6.42 Å². The standard InChI is InChI=1S/C13H14NO5P/c15-20(16,17)19-9-14-7-1-4-11-12(14)6-5-10-3-2-8-18-13(10)11/h1-3,5-7H,4,8-9H2,(H2,15,16,17). The Kier molecular flexibility index (Phi) is 3.40. The Morgan fingerprint density at radius 3 is 3.00 bits per heavy atom. The number of phosphoric ester groups is 1. The number of phosphoric acid groups is 1. The number of fused-ring (bicyclic) bond motifs is 3. The molecule has 7 heteroatoms. The van der Waals surface area contributed by atoms with Crippen molar-refractivity contribution in [2.75, 3.05) is 18.2 Å². The predicted molar refractivity (Wildman–Crippen MR) is 74.3 cm³/mol. The van der Waals surface area contributed by atoms with Gasteiger partial charge in [0, 0.05) is 23.0 Å². The minimum Gasteiger partial charge on any atom is -0.489 e. The second-order valence-electron chi connectivity index (χ2n) is 4.50. The molecule has 0 bridgehead atoms. The van der Waals surface area contributed by atoms with Crippen LogP contribution in [0.3, 0.4) is 0 Å². The van der Waals surface area contributed by atoms with Gasteiger partial charge in [0.15, 0.2) is 0 Å². The fourth-order valence-electron chi connectivity index (χ4n) is 2.34. The molecule has 2 N–H and O–H groups in total. The molecule has 0 amide bonds. The van der Waals surface area contributed by atoms with E-state index in [1.807, 2.05) is 30.4 Å². The number of benzene rings is 1. The third-order valence-electron chi connectivity index (χ3n) is 3.17. The first-order chi connectivity index (χ1) is 9.54. The molecule has 1 aromatic rings. The van der Waals surface area contributed by atoms with Crippen LogP contribution in [0.2, 0.25) is 0 Å². The maximum atomic E-state index is 10.8. The van der Waals surface area contributed by atoms with E-state index in [9.17, 15) is 4.57 Å². The lowest BCUT2D eigenvalue weighted by Gasteiger charge is -2.29. The first-order valence-electron chi connectivity index (χ1n) is 6.13. The molecule has 2 heterocycles. The zero-order chi connectivity index (χ0) is 14.2. The Hall–Kier alpha value is -1.59. The van der Waals surface area contributed by atoms with Gasteiger partial charge in [-0.2, -0.15) is 0 Å². The summed E-state index contributed by atoms with van der Waals surface area (Å²) in [7, 11) is -4.49. The molecule has 2 aliphatic heterocycles. The lowest BCUT2D eigenvalue weighted by Crippen LogP contribution is -2.23. The summed E-state index contributed by atoms with van der Waals surface area (Å²) in [4.78, 5) is 19.2. The summed E-state index contributed by atoms with van der Waals surface area (Å²) < 4.78 is 21.0. The number of anilines is 1. The molecular weight excluding hydrogens is 281 g/mol. The van der Waals surface area contributed by atoms with Crippen LogP contribution >= 0.6 is 7.82 Å². The van der Waals surface area contributed by atoms with Crippen molar-refractivity contribution >= 4 is 19.6 Å². The molecule has 20 heavy (non-hydrogen) atoms. The van der Waals surface area contributed by atoms with Crippen LogP contribution in [0.1, 0.15) is 11.1 Å². The number of ether oxygens (including phenoxy) is 1. The second-order valence-corrected chi connectivity index (χ2v) is 5.74. The Morgan fingerprint density at radius 1 is 1.35 bits per heavy atom. The van der Waals surface area contributed by atoms with Gasteiger partial charge in [0.25, 0.3) is 0 Å². The number of hydrogen-bond acceptors (Lipinski definition) is 4. The number of allylic oxidation sites excluding steroid dienone is 1. The Bertz CT molecular complexity index is 634. The van der Waals surface area contributed by atoms with Crippen molar-refractivity contribution in [3.05, 3.63) is 41.6 Å². The molecule has 6 nitrogen and oxygen atoms in total. The van der Waals surface area contributed by atoms with E-state index >= 15 is 0 Å². The summed E-state index contributed by atoms with van der Waals surface area (Å²) in [6.07, 6.45) is 8.34. The molecule has 0 spiro atoms. The zero-order valence-corrected chi connectivity index (χ0v) is 11.5. The van der Waals surface area contributed by atoms with E-state index in [1.165, 1.54) is 0 Å². The molecule has 0 atom stereocenters. The summed E-state index contributed by atoms with van der Waals surface area (Å²) >= 11 is 0. The molecule has 0 fully saturated rings. The van der Waals surface area contributed by atoms with Gasteiger partial charge in [-0.05, 0) is 24.6 Å². The fourth-order valence-corrected chi connectivity index (χ4v) is 2.61. The van der Waals surface area contributed by atoms with Crippen molar-refractivity contribution in [1.82, 2.24) is 0 Å². The van der Waals surface area contributed by atoms with Crippen LogP contribution in [-0.4, -0.2) is 23.1 Å². The van der Waals surface area contributed by atoms with E-state index in [1.54, 1.807) is 11.1 Å². The molecule has 3 rings (SSSR count). The molecule has 0 radical (unpaired) electrons. The quantitative estimate of drug-likeness (QED) is 0.831. The number of hydrogen-bond donors (Lipinski definition) is 2. The Balaban J connectivity index is 1.92. The summed E-state index contributed by atoms with van der Waals surface area (Å²) in [5.41, 5.74) is 2.86. The molecule has 106 valence electrons. The van der Waals surface area contributed by atoms with Crippen LogP contribution in [-0.2, 0) is 15.5 Å². The lowest BCUT2D eigenvalue weighted by atomic mass is 9.99. The van der Waals surface area contributed by atoms with Crippen molar-refractivity contribution in [2.24, 2.45) is 0 Å². The van der Waals surface area contributed by atoms with Crippen molar-refractivity contribution in [3.8, 4) is 5.75 Å². The summed E-state index contributed by atoms with van der Waals surface area (Å²) in [6.45, 7) is 0.328. The predicted octanol–water partition coefficient (Wildman–Crippen LogP) is 2.04. The van der Waals surface area contributed by atoms with Crippen molar-refractivity contribution < 1.29 is 23.6 Å². The molecule has 0 saturated heterocycles. The van der Waals surface area contributed by atoms with Gasteiger partial charge in [0.05, 0.1) is 0 Å².